The van der Waals surface area contributed by atoms with Gasteiger partial charge in [-0.2, -0.15) is 0 Å². The normalized spacial score (nSPS) is 27.4. The highest BCUT2D eigenvalue weighted by Crippen LogP contribution is 2.32. The molecule has 0 radical (unpaired) electrons. The SMILES string of the molecule is CC1CCC(O)C(Cc2ccc(OC(F)(F)F)cc2)C1. The predicted molar refractivity (Wildman–Crippen MR) is 69.3 cm³/mol. The van der Waals surface area contributed by atoms with Crippen LogP contribution in [0.5, 0.6) is 5.75 Å². The van der Waals surface area contributed by atoms with Crippen LogP contribution in [0.4, 0.5) is 13.2 Å². The summed E-state index contributed by atoms with van der Waals surface area (Å²) in [5.74, 6) is 0.572. The second-order valence-electron chi connectivity index (χ2n) is 5.64. The summed E-state index contributed by atoms with van der Waals surface area (Å²) in [6.07, 6.45) is -1.47. The largest absolute Gasteiger partial charge is 0.573 e. The fraction of sp³-hybridized carbons (Fsp3) is 0.600. The molecule has 2 rings (SSSR count). The van der Waals surface area contributed by atoms with Gasteiger partial charge in [-0.05, 0) is 55.2 Å². The zero-order valence-electron chi connectivity index (χ0n) is 11.4. The maximum atomic E-state index is 12.1. The van der Waals surface area contributed by atoms with Crippen LogP contribution in [0.25, 0.3) is 0 Å². The standard InChI is InChI=1S/C15H19F3O2/c1-10-2-7-14(19)12(8-10)9-11-3-5-13(6-4-11)20-15(16,17)18/h3-6,10,12,14,19H,2,7-9H2,1H3. The molecular weight excluding hydrogens is 269 g/mol. The number of hydrogen-bond donors (Lipinski definition) is 1. The number of rotatable bonds is 3. The lowest BCUT2D eigenvalue weighted by molar-refractivity contribution is -0.274. The van der Waals surface area contributed by atoms with Crippen molar-refractivity contribution in [3.8, 4) is 5.75 Å². The number of alkyl halides is 3. The fourth-order valence-corrected chi connectivity index (χ4v) is 2.83. The maximum absolute atomic E-state index is 12.1. The number of ether oxygens (including phenoxy) is 1. The third kappa shape index (κ3) is 4.40. The topological polar surface area (TPSA) is 29.5 Å². The second-order valence-corrected chi connectivity index (χ2v) is 5.64. The van der Waals surface area contributed by atoms with E-state index in [9.17, 15) is 18.3 Å². The Kier molecular flexibility index (Phi) is 4.58. The second kappa shape index (κ2) is 6.04. The van der Waals surface area contributed by atoms with E-state index < -0.39 is 6.36 Å². The van der Waals surface area contributed by atoms with Gasteiger partial charge in [-0.1, -0.05) is 19.1 Å². The highest BCUT2D eigenvalue weighted by atomic mass is 19.4. The molecule has 1 saturated carbocycles. The van der Waals surface area contributed by atoms with Crippen molar-refractivity contribution in [2.45, 2.75) is 45.1 Å². The first kappa shape index (κ1) is 15.2. The molecule has 2 nitrogen and oxygen atoms in total. The molecule has 1 aliphatic carbocycles. The Morgan fingerprint density at radius 1 is 1.20 bits per heavy atom. The summed E-state index contributed by atoms with van der Waals surface area (Å²) in [7, 11) is 0. The van der Waals surface area contributed by atoms with Crippen LogP contribution in [0.3, 0.4) is 0 Å². The maximum Gasteiger partial charge on any atom is 0.573 e. The molecule has 3 atom stereocenters. The van der Waals surface area contributed by atoms with Gasteiger partial charge in [0.25, 0.3) is 0 Å². The van der Waals surface area contributed by atoms with Gasteiger partial charge in [0, 0.05) is 0 Å². The lowest BCUT2D eigenvalue weighted by Crippen LogP contribution is -2.29. The van der Waals surface area contributed by atoms with Gasteiger partial charge in [0.1, 0.15) is 5.75 Å². The molecule has 5 heteroatoms. The molecule has 0 heterocycles. The van der Waals surface area contributed by atoms with Gasteiger partial charge in [-0.15, -0.1) is 13.2 Å². The van der Waals surface area contributed by atoms with E-state index in [1.807, 2.05) is 0 Å². The summed E-state index contributed by atoms with van der Waals surface area (Å²) in [4.78, 5) is 0. The minimum Gasteiger partial charge on any atom is -0.406 e. The van der Waals surface area contributed by atoms with Crippen molar-refractivity contribution < 1.29 is 23.0 Å². The smallest absolute Gasteiger partial charge is 0.406 e. The summed E-state index contributed by atoms with van der Waals surface area (Å²) in [5.41, 5.74) is 0.928. The minimum absolute atomic E-state index is 0.188. The molecule has 1 fully saturated rings. The minimum atomic E-state index is -4.66. The van der Waals surface area contributed by atoms with Crippen LogP contribution in [-0.4, -0.2) is 17.6 Å². The Balaban J connectivity index is 1.96. The molecule has 3 unspecified atom stereocenters. The van der Waals surface area contributed by atoms with E-state index in [4.69, 9.17) is 0 Å². The Labute approximate surface area is 116 Å². The lowest BCUT2D eigenvalue weighted by atomic mass is 9.77. The van der Waals surface area contributed by atoms with Crippen LogP contribution in [0.1, 0.15) is 31.7 Å². The molecule has 1 aliphatic rings. The molecule has 0 aromatic heterocycles. The third-order valence-corrected chi connectivity index (χ3v) is 3.86. The number of aliphatic hydroxyl groups is 1. The lowest BCUT2D eigenvalue weighted by Gasteiger charge is -2.31. The quantitative estimate of drug-likeness (QED) is 0.913. The predicted octanol–water partition coefficient (Wildman–Crippen LogP) is 3.92. The molecule has 1 aromatic rings. The van der Waals surface area contributed by atoms with Crippen LogP contribution >= 0.6 is 0 Å². The van der Waals surface area contributed by atoms with Crippen molar-refractivity contribution >= 4 is 0 Å². The van der Waals surface area contributed by atoms with E-state index in [0.29, 0.717) is 12.3 Å². The molecular formula is C15H19F3O2. The molecule has 112 valence electrons. The van der Waals surface area contributed by atoms with E-state index in [1.165, 1.54) is 12.1 Å². The zero-order chi connectivity index (χ0) is 14.8. The molecule has 0 bridgehead atoms. The highest BCUT2D eigenvalue weighted by Gasteiger charge is 2.31. The van der Waals surface area contributed by atoms with E-state index in [-0.39, 0.29) is 17.8 Å². The summed E-state index contributed by atoms with van der Waals surface area (Å²) in [6, 6.07) is 5.91. The number of aliphatic hydroxyl groups excluding tert-OH is 1. The van der Waals surface area contributed by atoms with E-state index in [0.717, 1.165) is 24.8 Å². The first-order valence-corrected chi connectivity index (χ1v) is 6.86. The first-order chi connectivity index (χ1) is 9.33. The Bertz CT molecular complexity index is 428. The molecule has 0 aliphatic heterocycles. The number of benzene rings is 1. The van der Waals surface area contributed by atoms with Crippen molar-refractivity contribution in [1.29, 1.82) is 0 Å². The van der Waals surface area contributed by atoms with Gasteiger partial charge in [0.15, 0.2) is 0 Å². The summed E-state index contributed by atoms with van der Waals surface area (Å²) in [6.45, 7) is 2.17. The van der Waals surface area contributed by atoms with Gasteiger partial charge in [0.2, 0.25) is 0 Å². The van der Waals surface area contributed by atoms with Gasteiger partial charge in [-0.3, -0.25) is 0 Å². The third-order valence-electron chi connectivity index (χ3n) is 3.86. The van der Waals surface area contributed by atoms with Crippen LogP contribution in [-0.2, 0) is 6.42 Å². The van der Waals surface area contributed by atoms with Crippen LogP contribution in [0.2, 0.25) is 0 Å². The van der Waals surface area contributed by atoms with E-state index >= 15 is 0 Å². The molecule has 20 heavy (non-hydrogen) atoms. The van der Waals surface area contributed by atoms with Gasteiger partial charge in [0.05, 0.1) is 6.10 Å². The summed E-state index contributed by atoms with van der Waals surface area (Å²) in [5, 5.41) is 9.98. The van der Waals surface area contributed by atoms with Crippen molar-refractivity contribution in [2.24, 2.45) is 11.8 Å². The average Bonchev–Trinajstić information content (AvgIpc) is 2.34. The van der Waals surface area contributed by atoms with Gasteiger partial charge < -0.3 is 9.84 Å². The fourth-order valence-electron chi connectivity index (χ4n) is 2.83. The van der Waals surface area contributed by atoms with Gasteiger partial charge >= 0.3 is 6.36 Å². The molecule has 1 N–H and O–H groups in total. The van der Waals surface area contributed by atoms with Crippen molar-refractivity contribution in [3.05, 3.63) is 29.8 Å². The van der Waals surface area contributed by atoms with Crippen molar-refractivity contribution in [1.82, 2.24) is 0 Å². The van der Waals surface area contributed by atoms with E-state index in [1.54, 1.807) is 12.1 Å². The average molecular weight is 288 g/mol. The monoisotopic (exact) mass is 288 g/mol. The first-order valence-electron chi connectivity index (χ1n) is 6.86. The molecule has 0 amide bonds. The molecule has 0 saturated heterocycles. The summed E-state index contributed by atoms with van der Waals surface area (Å²) >= 11 is 0. The number of hydrogen-bond acceptors (Lipinski definition) is 2. The Hall–Kier alpha value is -1.23. The summed E-state index contributed by atoms with van der Waals surface area (Å²) < 4.78 is 40.0. The Morgan fingerprint density at radius 3 is 2.45 bits per heavy atom. The molecule has 0 spiro atoms. The Morgan fingerprint density at radius 2 is 1.85 bits per heavy atom. The van der Waals surface area contributed by atoms with Crippen LogP contribution < -0.4 is 4.74 Å². The van der Waals surface area contributed by atoms with Gasteiger partial charge in [-0.25, -0.2) is 0 Å². The van der Waals surface area contributed by atoms with E-state index in [2.05, 4.69) is 11.7 Å². The zero-order valence-corrected chi connectivity index (χ0v) is 11.4. The van der Waals surface area contributed by atoms with Crippen molar-refractivity contribution in [2.75, 3.05) is 0 Å². The highest BCUT2D eigenvalue weighted by molar-refractivity contribution is 5.27. The van der Waals surface area contributed by atoms with Crippen LogP contribution in [0, 0.1) is 11.8 Å². The van der Waals surface area contributed by atoms with Crippen molar-refractivity contribution in [3.63, 3.8) is 0 Å². The number of halogens is 3. The molecule has 1 aromatic carbocycles. The van der Waals surface area contributed by atoms with Crippen LogP contribution in [0.15, 0.2) is 24.3 Å².